The predicted octanol–water partition coefficient (Wildman–Crippen LogP) is 3.38. The van der Waals surface area contributed by atoms with Crippen molar-refractivity contribution >= 4 is 34.3 Å². The van der Waals surface area contributed by atoms with Gasteiger partial charge in [0.25, 0.3) is 0 Å². The molecule has 10 nitrogen and oxygen atoms in total. The molecular weight excluding hydrogens is 472 g/mol. The minimum absolute atomic E-state index is 0.0416. The summed E-state index contributed by atoms with van der Waals surface area (Å²) in [5.41, 5.74) is 1.20. The predicted molar refractivity (Wildman–Crippen MR) is 144 cm³/mol. The summed E-state index contributed by atoms with van der Waals surface area (Å²) in [4.78, 5) is 26.7. The molecule has 2 atom stereocenters. The van der Waals surface area contributed by atoms with Crippen LogP contribution in [0.25, 0.3) is 10.8 Å². The van der Waals surface area contributed by atoms with E-state index in [0.29, 0.717) is 56.2 Å². The number of fused-ring (bicyclic) bond motifs is 1. The number of aliphatic hydroxyl groups is 1. The summed E-state index contributed by atoms with van der Waals surface area (Å²) >= 11 is 0. The summed E-state index contributed by atoms with van der Waals surface area (Å²) < 4.78 is 11.4. The van der Waals surface area contributed by atoms with Crippen LogP contribution in [0.2, 0.25) is 0 Å². The van der Waals surface area contributed by atoms with Gasteiger partial charge in [-0.2, -0.15) is 4.98 Å². The van der Waals surface area contributed by atoms with Gasteiger partial charge in [0, 0.05) is 51.4 Å². The van der Waals surface area contributed by atoms with E-state index >= 15 is 0 Å². The smallest absolute Gasteiger partial charge is 0.227 e. The molecule has 0 aliphatic carbocycles. The fourth-order valence-electron chi connectivity index (χ4n) is 4.52. The largest absolute Gasteiger partial charge is 0.493 e. The summed E-state index contributed by atoms with van der Waals surface area (Å²) in [5.74, 6) is 2.89. The Hall–Kier alpha value is -3.50. The number of carbonyl (C=O) groups excluding carboxylic acids is 1. The number of hydrogen-bond acceptors (Lipinski definition) is 9. The third-order valence-electron chi connectivity index (χ3n) is 6.47. The van der Waals surface area contributed by atoms with Crippen LogP contribution in [0.4, 0.5) is 17.6 Å². The van der Waals surface area contributed by atoms with Crippen LogP contribution in [0.5, 0.6) is 5.75 Å². The average Bonchev–Trinajstić information content (AvgIpc) is 2.88. The minimum Gasteiger partial charge on any atom is -0.493 e. The van der Waals surface area contributed by atoms with Gasteiger partial charge in [-0.05, 0) is 47.9 Å². The molecule has 0 bridgehead atoms. The molecule has 1 amide bonds. The highest BCUT2D eigenvalue weighted by atomic mass is 16.5. The lowest BCUT2D eigenvalue weighted by atomic mass is 9.96. The Kier molecular flexibility index (Phi) is 8.73. The van der Waals surface area contributed by atoms with E-state index in [2.05, 4.69) is 45.5 Å². The zero-order chi connectivity index (χ0) is 26.4. The molecule has 1 aromatic carbocycles. The van der Waals surface area contributed by atoms with Crippen LogP contribution in [0, 0.1) is 0 Å². The van der Waals surface area contributed by atoms with Crippen molar-refractivity contribution in [2.75, 3.05) is 43.6 Å². The number of benzene rings is 1. The van der Waals surface area contributed by atoms with Crippen LogP contribution in [0.1, 0.15) is 45.1 Å². The monoisotopic (exact) mass is 508 g/mol. The number of piperidine rings is 1. The summed E-state index contributed by atoms with van der Waals surface area (Å²) in [6.45, 7) is 8.03. The van der Waals surface area contributed by atoms with E-state index in [1.54, 1.807) is 19.4 Å². The lowest BCUT2D eigenvalue weighted by Crippen LogP contribution is -2.48. The van der Waals surface area contributed by atoms with Gasteiger partial charge in [-0.25, -0.2) is 9.97 Å². The summed E-state index contributed by atoms with van der Waals surface area (Å²) in [7, 11) is 1.62. The van der Waals surface area contributed by atoms with Crippen molar-refractivity contribution in [2.45, 2.75) is 51.7 Å². The fourth-order valence-corrected chi connectivity index (χ4v) is 4.52. The Morgan fingerprint density at radius 2 is 2.05 bits per heavy atom. The SMILES string of the molecule is CO[C@@H]1CCN(c2nccc(Nc3cc4c(C(C)C)ccc(OCCCNC(C)=O)c4cn3)n2)C[C@H]1O. The number of ether oxygens (including phenoxy) is 2. The molecule has 37 heavy (non-hydrogen) atoms. The van der Waals surface area contributed by atoms with Crippen molar-refractivity contribution in [1.29, 1.82) is 0 Å². The second-order valence-electron chi connectivity index (χ2n) is 9.55. The normalized spacial score (nSPS) is 17.7. The maximum absolute atomic E-state index is 11.1. The Morgan fingerprint density at radius 1 is 1.22 bits per heavy atom. The van der Waals surface area contributed by atoms with E-state index in [1.807, 2.05) is 23.2 Å². The third-order valence-corrected chi connectivity index (χ3v) is 6.47. The topological polar surface area (TPSA) is 122 Å². The number of nitrogens with one attached hydrogen (secondary N) is 2. The summed E-state index contributed by atoms with van der Waals surface area (Å²) in [6, 6.07) is 7.90. The Balaban J connectivity index is 1.52. The molecule has 0 unspecified atom stereocenters. The van der Waals surface area contributed by atoms with Crippen LogP contribution in [0.3, 0.4) is 0 Å². The molecule has 3 heterocycles. The van der Waals surface area contributed by atoms with Gasteiger partial charge >= 0.3 is 0 Å². The van der Waals surface area contributed by atoms with Crippen LogP contribution in [0.15, 0.2) is 36.7 Å². The van der Waals surface area contributed by atoms with Crippen LogP contribution >= 0.6 is 0 Å². The van der Waals surface area contributed by atoms with E-state index in [1.165, 1.54) is 12.5 Å². The maximum Gasteiger partial charge on any atom is 0.227 e. The number of nitrogens with zero attached hydrogens (tertiary/aromatic N) is 4. The number of rotatable bonds is 10. The molecule has 0 radical (unpaired) electrons. The number of hydrogen-bond donors (Lipinski definition) is 3. The van der Waals surface area contributed by atoms with Crippen molar-refractivity contribution < 1.29 is 19.4 Å². The second kappa shape index (κ2) is 12.2. The molecule has 1 aliphatic rings. The number of amides is 1. The number of anilines is 3. The van der Waals surface area contributed by atoms with Gasteiger partial charge in [0.15, 0.2) is 0 Å². The number of carbonyl (C=O) groups is 1. The second-order valence-corrected chi connectivity index (χ2v) is 9.55. The van der Waals surface area contributed by atoms with Crippen molar-refractivity contribution in [3.63, 3.8) is 0 Å². The Morgan fingerprint density at radius 3 is 2.78 bits per heavy atom. The number of pyridine rings is 1. The van der Waals surface area contributed by atoms with Gasteiger partial charge in [0.05, 0.1) is 18.8 Å². The first-order valence-corrected chi connectivity index (χ1v) is 12.7. The van der Waals surface area contributed by atoms with Crippen LogP contribution in [-0.4, -0.2) is 71.5 Å². The molecule has 10 heteroatoms. The van der Waals surface area contributed by atoms with E-state index in [0.717, 1.165) is 22.9 Å². The molecule has 0 spiro atoms. The standard InChI is InChI=1S/C27H36N6O4/c1-17(2)19-6-7-23(37-13-5-10-28-18(3)34)21-15-30-26(14-20(19)21)31-25-8-11-29-27(32-25)33-12-9-24(36-4)22(35)16-33/h6-8,11,14-15,17,22,24,35H,5,9-10,12-13,16H2,1-4H3,(H,28,34)(H,29,30,31,32)/t22-,24-/m1/s1. The first kappa shape index (κ1) is 26.6. The molecule has 1 fully saturated rings. The molecule has 2 aromatic heterocycles. The molecule has 3 aromatic rings. The summed E-state index contributed by atoms with van der Waals surface area (Å²) in [6.07, 6.45) is 4.20. The third kappa shape index (κ3) is 6.64. The van der Waals surface area contributed by atoms with Crippen molar-refractivity contribution in [3.05, 3.63) is 42.2 Å². The highest BCUT2D eigenvalue weighted by Gasteiger charge is 2.28. The minimum atomic E-state index is -0.586. The first-order valence-electron chi connectivity index (χ1n) is 12.7. The van der Waals surface area contributed by atoms with Gasteiger partial charge in [-0.15, -0.1) is 0 Å². The quantitative estimate of drug-likeness (QED) is 0.354. The zero-order valence-electron chi connectivity index (χ0n) is 21.9. The zero-order valence-corrected chi connectivity index (χ0v) is 21.9. The molecule has 4 rings (SSSR count). The van der Waals surface area contributed by atoms with Crippen LogP contribution < -0.4 is 20.3 Å². The highest BCUT2D eigenvalue weighted by molar-refractivity contribution is 5.92. The van der Waals surface area contributed by atoms with Crippen molar-refractivity contribution in [3.8, 4) is 5.75 Å². The molecule has 1 aliphatic heterocycles. The number of aliphatic hydroxyl groups excluding tert-OH is 1. The van der Waals surface area contributed by atoms with Crippen molar-refractivity contribution in [2.24, 2.45) is 0 Å². The lowest BCUT2D eigenvalue weighted by molar-refractivity contribution is -0.118. The van der Waals surface area contributed by atoms with Gasteiger partial charge < -0.3 is 30.1 Å². The molecule has 3 N–H and O–H groups in total. The van der Waals surface area contributed by atoms with E-state index in [-0.39, 0.29) is 12.0 Å². The maximum atomic E-state index is 11.1. The highest BCUT2D eigenvalue weighted by Crippen LogP contribution is 2.34. The Bertz CT molecular complexity index is 1220. The van der Waals surface area contributed by atoms with Gasteiger partial charge in [0.2, 0.25) is 11.9 Å². The number of methoxy groups -OCH3 is 1. The average molecular weight is 509 g/mol. The van der Waals surface area contributed by atoms with Gasteiger partial charge in [0.1, 0.15) is 17.4 Å². The molecule has 0 saturated carbocycles. The van der Waals surface area contributed by atoms with E-state index in [4.69, 9.17) is 9.47 Å². The lowest BCUT2D eigenvalue weighted by Gasteiger charge is -2.35. The Labute approximate surface area is 217 Å². The molecular formula is C27H36N6O4. The molecule has 1 saturated heterocycles. The molecule has 198 valence electrons. The van der Waals surface area contributed by atoms with E-state index in [9.17, 15) is 9.90 Å². The van der Waals surface area contributed by atoms with Crippen molar-refractivity contribution in [1.82, 2.24) is 20.3 Å². The van der Waals surface area contributed by atoms with E-state index < -0.39 is 6.10 Å². The fraction of sp³-hybridized carbons (Fsp3) is 0.481. The van der Waals surface area contributed by atoms with Gasteiger partial charge in [-0.3, -0.25) is 4.79 Å². The number of β-amino-alcohol motifs (C(OH)–C–C–N with tert-alkyl or cyclic N) is 1. The first-order chi connectivity index (χ1) is 17.9. The van der Waals surface area contributed by atoms with Crippen LogP contribution in [-0.2, 0) is 9.53 Å². The number of aromatic nitrogens is 3. The van der Waals surface area contributed by atoms with Gasteiger partial charge in [-0.1, -0.05) is 19.9 Å². The summed E-state index contributed by atoms with van der Waals surface area (Å²) in [5, 5.41) is 18.4.